The molecule has 4 nitrogen and oxygen atoms in total. The summed E-state index contributed by atoms with van der Waals surface area (Å²) < 4.78 is 0. The molecule has 0 saturated carbocycles. The van der Waals surface area contributed by atoms with Crippen molar-refractivity contribution in [3.63, 3.8) is 0 Å². The Labute approximate surface area is 160 Å². The third-order valence-corrected chi connectivity index (χ3v) is 5.76. The minimum Gasteiger partial charge on any atom is -0.340 e. The Morgan fingerprint density at radius 1 is 1.12 bits per heavy atom. The van der Waals surface area contributed by atoms with Gasteiger partial charge in [0.2, 0.25) is 5.91 Å². The van der Waals surface area contributed by atoms with Crippen molar-refractivity contribution < 1.29 is 4.79 Å². The predicted molar refractivity (Wildman–Crippen MR) is 109 cm³/mol. The number of aromatic nitrogens is 1. The minimum atomic E-state index is 0.228. The van der Waals surface area contributed by atoms with Crippen molar-refractivity contribution in [3.05, 3.63) is 39.7 Å². The highest BCUT2D eigenvalue weighted by molar-refractivity contribution is 7.12. The quantitative estimate of drug-likeness (QED) is 0.803. The molecule has 26 heavy (non-hydrogen) atoms. The van der Waals surface area contributed by atoms with E-state index in [1.165, 1.54) is 5.56 Å². The second-order valence-electron chi connectivity index (χ2n) is 7.62. The fraction of sp³-hybridized carbons (Fsp3) is 0.524. The Hall–Kier alpha value is -1.72. The molecule has 0 N–H and O–H groups in total. The van der Waals surface area contributed by atoms with E-state index in [4.69, 9.17) is 4.98 Å². The molecule has 1 aliphatic rings. The lowest BCUT2D eigenvalue weighted by molar-refractivity contribution is -0.132. The molecule has 1 aromatic heterocycles. The lowest BCUT2D eigenvalue weighted by atomic mass is 10.1. The summed E-state index contributed by atoms with van der Waals surface area (Å²) in [6.07, 6.45) is 0.457. The van der Waals surface area contributed by atoms with E-state index in [2.05, 4.69) is 49.9 Å². The number of amides is 1. The highest BCUT2D eigenvalue weighted by Gasteiger charge is 2.23. The molecule has 2 aromatic rings. The number of nitrogens with zero attached hydrogens (tertiary/aromatic N) is 3. The van der Waals surface area contributed by atoms with Gasteiger partial charge >= 0.3 is 0 Å². The van der Waals surface area contributed by atoms with Gasteiger partial charge in [0.25, 0.3) is 0 Å². The smallest absolute Gasteiger partial charge is 0.227 e. The molecule has 1 amide bonds. The first-order valence-corrected chi connectivity index (χ1v) is 10.3. The van der Waals surface area contributed by atoms with Crippen molar-refractivity contribution >= 4 is 17.2 Å². The summed E-state index contributed by atoms with van der Waals surface area (Å²) in [4.78, 5) is 23.1. The molecule has 0 bridgehead atoms. The van der Waals surface area contributed by atoms with Gasteiger partial charge in [-0.3, -0.25) is 9.69 Å². The fourth-order valence-electron chi connectivity index (χ4n) is 3.47. The molecule has 2 heterocycles. The molecule has 0 aliphatic carbocycles. The Balaban J connectivity index is 1.66. The average Bonchev–Trinajstić information content (AvgIpc) is 2.96. The van der Waals surface area contributed by atoms with Gasteiger partial charge in [0, 0.05) is 43.2 Å². The zero-order chi connectivity index (χ0) is 18.7. The summed E-state index contributed by atoms with van der Waals surface area (Å²) in [6.45, 7) is 13.3. The van der Waals surface area contributed by atoms with Crippen LogP contribution in [0.15, 0.2) is 24.3 Å². The summed E-state index contributed by atoms with van der Waals surface area (Å²) in [5.74, 6) is 0.903. The molecule has 140 valence electrons. The molecule has 0 unspecified atom stereocenters. The summed E-state index contributed by atoms with van der Waals surface area (Å²) in [5, 5.41) is 1.02. The van der Waals surface area contributed by atoms with Crippen LogP contribution in [0.25, 0.3) is 11.3 Å². The number of carbonyl (C=O) groups excluding carboxylic acids is 1. The maximum absolute atomic E-state index is 12.8. The number of hydrogen-bond donors (Lipinski definition) is 0. The highest BCUT2D eigenvalue weighted by atomic mass is 32.1. The Morgan fingerprint density at radius 3 is 2.38 bits per heavy atom. The first-order valence-electron chi connectivity index (χ1n) is 9.46. The molecular weight excluding hydrogens is 342 g/mol. The fourth-order valence-corrected chi connectivity index (χ4v) is 4.42. The number of rotatable bonds is 5. The molecule has 0 spiro atoms. The lowest BCUT2D eigenvalue weighted by Crippen LogP contribution is -2.49. The lowest BCUT2D eigenvalue weighted by Gasteiger charge is -2.35. The van der Waals surface area contributed by atoms with Crippen LogP contribution < -0.4 is 0 Å². The van der Waals surface area contributed by atoms with Gasteiger partial charge in [0.15, 0.2) is 0 Å². The van der Waals surface area contributed by atoms with Gasteiger partial charge in [0.05, 0.1) is 17.1 Å². The van der Waals surface area contributed by atoms with E-state index in [-0.39, 0.29) is 5.91 Å². The van der Waals surface area contributed by atoms with Gasteiger partial charge in [-0.15, -0.1) is 11.3 Å². The maximum Gasteiger partial charge on any atom is 0.227 e. The second-order valence-corrected chi connectivity index (χ2v) is 8.91. The third kappa shape index (κ3) is 4.71. The monoisotopic (exact) mass is 371 g/mol. The molecule has 1 aromatic carbocycles. The van der Waals surface area contributed by atoms with Crippen LogP contribution in [0.4, 0.5) is 0 Å². The number of hydrogen-bond acceptors (Lipinski definition) is 4. The van der Waals surface area contributed by atoms with Crippen LogP contribution in [0.3, 0.4) is 0 Å². The Bertz CT molecular complexity index is 743. The van der Waals surface area contributed by atoms with Crippen molar-refractivity contribution in [3.8, 4) is 11.3 Å². The van der Waals surface area contributed by atoms with Crippen molar-refractivity contribution in [1.29, 1.82) is 0 Å². The van der Waals surface area contributed by atoms with Gasteiger partial charge in [-0.05, 0) is 19.8 Å². The molecule has 0 radical (unpaired) electrons. The Morgan fingerprint density at radius 2 is 1.77 bits per heavy atom. The number of benzene rings is 1. The first-order chi connectivity index (χ1) is 12.4. The summed E-state index contributed by atoms with van der Waals surface area (Å²) in [5.41, 5.74) is 3.31. The topological polar surface area (TPSA) is 36.4 Å². The molecule has 0 atom stereocenters. The van der Waals surface area contributed by atoms with Gasteiger partial charge in [0.1, 0.15) is 0 Å². The molecule has 3 rings (SSSR count). The van der Waals surface area contributed by atoms with Crippen LogP contribution >= 0.6 is 11.3 Å². The van der Waals surface area contributed by atoms with Gasteiger partial charge in [-0.1, -0.05) is 43.7 Å². The summed E-state index contributed by atoms with van der Waals surface area (Å²) >= 11 is 1.65. The van der Waals surface area contributed by atoms with Crippen LogP contribution in [0.5, 0.6) is 0 Å². The number of carbonyl (C=O) groups is 1. The normalized spacial score (nSPS) is 15.7. The predicted octanol–water partition coefficient (Wildman–Crippen LogP) is 3.77. The summed E-state index contributed by atoms with van der Waals surface area (Å²) in [6, 6.07) is 8.40. The average molecular weight is 372 g/mol. The van der Waals surface area contributed by atoms with E-state index in [1.54, 1.807) is 11.3 Å². The molecule has 5 heteroatoms. The van der Waals surface area contributed by atoms with E-state index in [9.17, 15) is 4.79 Å². The Kier molecular flexibility index (Phi) is 6.09. The van der Waals surface area contributed by atoms with E-state index >= 15 is 0 Å². The number of thiazole rings is 1. The molecule has 1 fully saturated rings. The van der Waals surface area contributed by atoms with Crippen LogP contribution in [0.2, 0.25) is 0 Å². The zero-order valence-corrected chi connectivity index (χ0v) is 17.1. The third-order valence-electron chi connectivity index (χ3n) is 4.79. The number of piperazine rings is 1. The van der Waals surface area contributed by atoms with E-state index in [0.29, 0.717) is 12.3 Å². The molecule has 1 aliphatic heterocycles. The molecular formula is C21H29N3OS. The largest absolute Gasteiger partial charge is 0.340 e. The standard InChI is InChI=1S/C21H29N3OS/c1-15(2)14-23-9-11-24(12-10-23)20(25)13-19-21(22-17(4)26-19)18-7-5-16(3)6-8-18/h5-8,15H,9-14H2,1-4H3. The van der Waals surface area contributed by atoms with Crippen molar-refractivity contribution in [1.82, 2.24) is 14.8 Å². The van der Waals surface area contributed by atoms with E-state index < -0.39 is 0 Å². The van der Waals surface area contributed by atoms with Crippen LogP contribution in [0.1, 0.15) is 29.3 Å². The van der Waals surface area contributed by atoms with Crippen LogP contribution in [0, 0.1) is 19.8 Å². The maximum atomic E-state index is 12.8. The van der Waals surface area contributed by atoms with Crippen molar-refractivity contribution in [2.45, 2.75) is 34.1 Å². The van der Waals surface area contributed by atoms with E-state index in [1.807, 2.05) is 11.8 Å². The van der Waals surface area contributed by atoms with Gasteiger partial charge in [-0.25, -0.2) is 4.98 Å². The zero-order valence-electron chi connectivity index (χ0n) is 16.3. The van der Waals surface area contributed by atoms with Crippen molar-refractivity contribution in [2.75, 3.05) is 32.7 Å². The van der Waals surface area contributed by atoms with E-state index in [0.717, 1.165) is 53.9 Å². The van der Waals surface area contributed by atoms with Crippen LogP contribution in [-0.2, 0) is 11.2 Å². The number of aryl methyl sites for hydroxylation is 2. The van der Waals surface area contributed by atoms with Crippen molar-refractivity contribution in [2.24, 2.45) is 5.92 Å². The second kappa shape index (κ2) is 8.31. The van der Waals surface area contributed by atoms with Crippen LogP contribution in [-0.4, -0.2) is 53.4 Å². The summed E-state index contributed by atoms with van der Waals surface area (Å²) in [7, 11) is 0. The molecule has 1 saturated heterocycles. The highest BCUT2D eigenvalue weighted by Crippen LogP contribution is 2.29. The van der Waals surface area contributed by atoms with Gasteiger partial charge in [-0.2, -0.15) is 0 Å². The SMILES string of the molecule is Cc1ccc(-c2nc(C)sc2CC(=O)N2CCN(CC(C)C)CC2)cc1. The minimum absolute atomic E-state index is 0.228. The first kappa shape index (κ1) is 19.1. The van der Waals surface area contributed by atoms with Gasteiger partial charge < -0.3 is 4.90 Å².